The van der Waals surface area contributed by atoms with Gasteiger partial charge in [-0.25, -0.2) is 14.8 Å². The van der Waals surface area contributed by atoms with E-state index in [9.17, 15) is 14.7 Å². The molecule has 0 radical (unpaired) electrons. The van der Waals surface area contributed by atoms with Gasteiger partial charge in [-0.1, -0.05) is 42.1 Å². The number of carbonyl (C=O) groups excluding carboxylic acids is 1. The first-order chi connectivity index (χ1) is 16.9. The molecular formula is C25H27N5O4S. The molecule has 1 aromatic heterocycles. The Balaban J connectivity index is 1.55. The average Bonchev–Trinajstić information content (AvgIpc) is 3.00. The molecule has 2 aromatic carbocycles. The molecule has 4 rings (SSSR count). The highest BCUT2D eigenvalue weighted by Crippen LogP contribution is 2.29. The van der Waals surface area contributed by atoms with Crippen molar-refractivity contribution in [3.63, 3.8) is 0 Å². The van der Waals surface area contributed by atoms with E-state index in [4.69, 9.17) is 4.74 Å². The first-order valence-corrected chi connectivity index (χ1v) is 12.3. The van der Waals surface area contributed by atoms with Crippen molar-refractivity contribution in [2.75, 3.05) is 49.8 Å². The van der Waals surface area contributed by atoms with Crippen LogP contribution in [0.25, 0.3) is 0 Å². The number of likely N-dealkylation sites (N-methyl/N-ethyl adjacent to an activating group) is 2. The Hall–Kier alpha value is -3.79. The van der Waals surface area contributed by atoms with Crippen molar-refractivity contribution in [3.8, 4) is 5.75 Å². The van der Waals surface area contributed by atoms with Gasteiger partial charge in [0.05, 0.1) is 6.54 Å². The van der Waals surface area contributed by atoms with Crippen LogP contribution < -0.4 is 14.5 Å². The Morgan fingerprint density at radius 1 is 1.17 bits per heavy atom. The van der Waals surface area contributed by atoms with E-state index in [0.717, 1.165) is 11.3 Å². The predicted octanol–water partition coefficient (Wildman–Crippen LogP) is 4.03. The van der Waals surface area contributed by atoms with E-state index < -0.39 is 12.2 Å². The Labute approximate surface area is 208 Å². The number of aromatic nitrogens is 2. The van der Waals surface area contributed by atoms with E-state index >= 15 is 0 Å². The minimum absolute atomic E-state index is 0.157. The van der Waals surface area contributed by atoms with Gasteiger partial charge >= 0.3 is 6.09 Å². The summed E-state index contributed by atoms with van der Waals surface area (Å²) in [6.45, 7) is 1.29. The number of ether oxygens (including phenoxy) is 1. The lowest BCUT2D eigenvalue weighted by Gasteiger charge is -2.25. The van der Waals surface area contributed by atoms with Crippen molar-refractivity contribution in [1.82, 2.24) is 14.9 Å². The van der Waals surface area contributed by atoms with E-state index in [1.54, 1.807) is 23.2 Å². The van der Waals surface area contributed by atoms with E-state index in [0.29, 0.717) is 35.4 Å². The van der Waals surface area contributed by atoms with Crippen molar-refractivity contribution in [2.45, 2.75) is 11.3 Å². The maximum atomic E-state index is 13.3. The van der Waals surface area contributed by atoms with Gasteiger partial charge in [0.1, 0.15) is 23.2 Å². The summed E-state index contributed by atoms with van der Waals surface area (Å²) in [6, 6.07) is 16.7. The number of carboxylic acid groups (broad SMARTS) is 1. The van der Waals surface area contributed by atoms with Gasteiger partial charge in [-0.2, -0.15) is 0 Å². The summed E-state index contributed by atoms with van der Waals surface area (Å²) in [6.07, 6.45) is 1.99. The van der Waals surface area contributed by atoms with Crippen molar-refractivity contribution in [2.24, 2.45) is 0 Å². The fraction of sp³-hybridized carbons (Fsp3) is 0.280. The normalized spacial score (nSPS) is 14.2. The standard InChI is InChI=1S/C25H27N5O4S/c1-28-13-14-30(23(31)20-15-26-24(35-3)27-22(20)28)18-9-11-19(12-10-18)34-21(16-29(2)25(32)33)17-7-5-4-6-8-17/h4-12,15,21H,13-14,16H2,1-3H3,(H,32,33). The lowest BCUT2D eigenvalue weighted by molar-refractivity contribution is 0.0989. The molecule has 182 valence electrons. The van der Waals surface area contributed by atoms with Crippen LogP contribution in [0.1, 0.15) is 22.0 Å². The van der Waals surface area contributed by atoms with Gasteiger partial charge in [0, 0.05) is 39.1 Å². The van der Waals surface area contributed by atoms with Gasteiger partial charge in [-0.05, 0) is 36.1 Å². The minimum atomic E-state index is -1.02. The zero-order valence-electron chi connectivity index (χ0n) is 19.8. The fourth-order valence-corrected chi connectivity index (χ4v) is 4.16. The van der Waals surface area contributed by atoms with E-state index in [-0.39, 0.29) is 12.5 Å². The Morgan fingerprint density at radius 2 is 1.89 bits per heavy atom. The van der Waals surface area contributed by atoms with Gasteiger partial charge in [-0.15, -0.1) is 0 Å². The molecule has 1 unspecified atom stereocenters. The van der Waals surface area contributed by atoms with Gasteiger partial charge in [0.2, 0.25) is 0 Å². The maximum Gasteiger partial charge on any atom is 0.407 e. The molecule has 0 spiro atoms. The van der Waals surface area contributed by atoms with Crippen LogP contribution >= 0.6 is 11.8 Å². The zero-order valence-corrected chi connectivity index (χ0v) is 20.6. The van der Waals surface area contributed by atoms with Crippen LogP contribution in [0.15, 0.2) is 66.0 Å². The van der Waals surface area contributed by atoms with Crippen molar-refractivity contribution < 1.29 is 19.4 Å². The Kier molecular flexibility index (Phi) is 7.40. The molecule has 10 heteroatoms. The molecule has 3 aromatic rings. The lowest BCUT2D eigenvalue weighted by atomic mass is 10.1. The number of hydrogen-bond acceptors (Lipinski definition) is 7. The largest absolute Gasteiger partial charge is 0.484 e. The second-order valence-electron chi connectivity index (χ2n) is 8.15. The first-order valence-electron chi connectivity index (χ1n) is 11.1. The Morgan fingerprint density at radius 3 is 2.54 bits per heavy atom. The molecule has 2 amide bonds. The van der Waals surface area contributed by atoms with Crippen LogP contribution in [-0.4, -0.2) is 72.0 Å². The average molecular weight is 494 g/mol. The fourth-order valence-electron chi connectivity index (χ4n) is 3.82. The number of rotatable bonds is 7. The smallest absolute Gasteiger partial charge is 0.407 e. The second-order valence-corrected chi connectivity index (χ2v) is 8.92. The summed E-state index contributed by atoms with van der Waals surface area (Å²) in [5.74, 6) is 1.05. The van der Waals surface area contributed by atoms with Gasteiger partial charge in [0.25, 0.3) is 5.91 Å². The molecule has 0 bridgehead atoms. The third kappa shape index (κ3) is 5.48. The Bertz CT molecular complexity index is 1190. The molecule has 35 heavy (non-hydrogen) atoms. The van der Waals surface area contributed by atoms with Crippen LogP contribution in [0.2, 0.25) is 0 Å². The van der Waals surface area contributed by atoms with Crippen LogP contribution in [0.4, 0.5) is 16.3 Å². The topological polar surface area (TPSA) is 99.1 Å². The number of fused-ring (bicyclic) bond motifs is 1. The van der Waals surface area contributed by atoms with Crippen LogP contribution in [0.3, 0.4) is 0 Å². The number of carbonyl (C=O) groups is 2. The molecule has 0 saturated heterocycles. The summed E-state index contributed by atoms with van der Waals surface area (Å²) in [5, 5.41) is 9.93. The van der Waals surface area contributed by atoms with Crippen molar-refractivity contribution in [3.05, 3.63) is 71.9 Å². The highest BCUT2D eigenvalue weighted by atomic mass is 32.2. The summed E-state index contributed by atoms with van der Waals surface area (Å²) < 4.78 is 6.18. The molecule has 1 N–H and O–H groups in total. The van der Waals surface area contributed by atoms with Gasteiger partial charge < -0.3 is 24.5 Å². The molecule has 2 heterocycles. The van der Waals surface area contributed by atoms with Gasteiger partial charge in [0.15, 0.2) is 5.16 Å². The SMILES string of the molecule is CSc1ncc2c(n1)N(C)CCN(c1ccc(OC(CN(C)C(=O)O)c3ccccc3)cc1)C2=O. The highest BCUT2D eigenvalue weighted by molar-refractivity contribution is 7.98. The summed E-state index contributed by atoms with van der Waals surface area (Å²) in [5.41, 5.74) is 2.07. The first kappa shape index (κ1) is 24.3. The number of benzene rings is 2. The molecule has 1 aliphatic heterocycles. The number of nitrogens with zero attached hydrogens (tertiary/aromatic N) is 5. The molecule has 0 saturated carbocycles. The number of amides is 2. The highest BCUT2D eigenvalue weighted by Gasteiger charge is 2.28. The van der Waals surface area contributed by atoms with Crippen LogP contribution in [0, 0.1) is 0 Å². The van der Waals surface area contributed by atoms with Crippen molar-refractivity contribution >= 4 is 35.3 Å². The number of hydrogen-bond donors (Lipinski definition) is 1. The van der Waals surface area contributed by atoms with E-state index in [1.807, 2.05) is 60.7 Å². The molecular weight excluding hydrogens is 466 g/mol. The molecule has 1 atom stereocenters. The molecule has 9 nitrogen and oxygen atoms in total. The van der Waals surface area contributed by atoms with Crippen LogP contribution in [0.5, 0.6) is 5.75 Å². The minimum Gasteiger partial charge on any atom is -0.484 e. The molecule has 0 fully saturated rings. The van der Waals surface area contributed by atoms with Crippen molar-refractivity contribution in [1.29, 1.82) is 0 Å². The zero-order chi connectivity index (χ0) is 24.9. The summed E-state index contributed by atoms with van der Waals surface area (Å²) in [4.78, 5) is 38.4. The monoisotopic (exact) mass is 493 g/mol. The lowest BCUT2D eigenvalue weighted by Crippen LogP contribution is -2.33. The second kappa shape index (κ2) is 10.6. The third-order valence-corrected chi connectivity index (χ3v) is 6.35. The predicted molar refractivity (Wildman–Crippen MR) is 136 cm³/mol. The van der Waals surface area contributed by atoms with E-state index in [1.165, 1.54) is 23.7 Å². The quantitative estimate of drug-likeness (QED) is 0.389. The molecule has 1 aliphatic rings. The third-order valence-electron chi connectivity index (χ3n) is 5.79. The summed E-state index contributed by atoms with van der Waals surface area (Å²) in [7, 11) is 3.43. The van der Waals surface area contributed by atoms with E-state index in [2.05, 4.69) is 9.97 Å². The molecule has 0 aliphatic carbocycles. The number of anilines is 2. The maximum absolute atomic E-state index is 13.3. The number of thioether (sulfide) groups is 1. The van der Waals surface area contributed by atoms with Gasteiger partial charge in [-0.3, -0.25) is 4.79 Å². The summed E-state index contributed by atoms with van der Waals surface area (Å²) >= 11 is 1.44. The van der Waals surface area contributed by atoms with Crippen LogP contribution in [-0.2, 0) is 0 Å².